The topological polar surface area (TPSA) is 48.4 Å². The van der Waals surface area contributed by atoms with Crippen molar-refractivity contribution in [2.45, 2.75) is 6.92 Å². The summed E-state index contributed by atoms with van der Waals surface area (Å²) in [6, 6.07) is 9.36. The van der Waals surface area contributed by atoms with Gasteiger partial charge in [0.15, 0.2) is 0 Å². The van der Waals surface area contributed by atoms with Crippen molar-refractivity contribution in [1.82, 2.24) is 4.98 Å². The van der Waals surface area contributed by atoms with Crippen molar-refractivity contribution in [1.29, 1.82) is 0 Å². The maximum Gasteiger partial charge on any atom is 0.336 e. The molecule has 0 saturated heterocycles. The molecule has 0 unspecified atom stereocenters. The zero-order valence-electron chi connectivity index (χ0n) is 10.8. The van der Waals surface area contributed by atoms with Gasteiger partial charge in [-0.25, -0.2) is 4.79 Å². The number of fused-ring (bicyclic) bond motifs is 1. The normalized spacial score (nSPS) is 10.2. The Morgan fingerprint density at radius 2 is 2.16 bits per heavy atom. The Hall–Kier alpha value is -2.36. The van der Waals surface area contributed by atoms with Crippen LogP contribution in [0.25, 0.3) is 10.9 Å². The lowest BCUT2D eigenvalue weighted by Crippen LogP contribution is -2.13. The second-order valence-electron chi connectivity index (χ2n) is 3.94. The molecule has 0 bridgehead atoms. The first-order chi connectivity index (χ1) is 9.22. The number of carbonyl (C=O) groups is 1. The predicted molar refractivity (Wildman–Crippen MR) is 73.0 cm³/mol. The van der Waals surface area contributed by atoms with Crippen LogP contribution in [0.1, 0.15) is 6.92 Å². The zero-order chi connectivity index (χ0) is 13.7. The Kier molecular flexibility index (Phi) is 4.13. The molecule has 2 aromatic rings. The fraction of sp³-hybridized carbons (Fsp3) is 0.200. The largest absolute Gasteiger partial charge is 0.488 e. The van der Waals surface area contributed by atoms with Gasteiger partial charge >= 0.3 is 5.97 Å². The van der Waals surface area contributed by atoms with Crippen molar-refractivity contribution < 1.29 is 14.3 Å². The Bertz CT molecular complexity index is 602. The van der Waals surface area contributed by atoms with E-state index in [0.717, 1.165) is 10.9 Å². The monoisotopic (exact) mass is 257 g/mol. The summed E-state index contributed by atoms with van der Waals surface area (Å²) in [4.78, 5) is 15.7. The van der Waals surface area contributed by atoms with Crippen molar-refractivity contribution >= 4 is 16.9 Å². The molecular weight excluding hydrogens is 242 g/mol. The van der Waals surface area contributed by atoms with Crippen molar-refractivity contribution in [2.24, 2.45) is 0 Å². The average Bonchev–Trinajstić information content (AvgIpc) is 2.45. The maximum absolute atomic E-state index is 11.4. The third-order valence-electron chi connectivity index (χ3n) is 2.57. The summed E-state index contributed by atoms with van der Waals surface area (Å²) >= 11 is 0. The highest BCUT2D eigenvalue weighted by Gasteiger charge is 2.09. The fourth-order valence-electron chi connectivity index (χ4n) is 1.66. The Morgan fingerprint density at radius 3 is 2.95 bits per heavy atom. The molecule has 0 saturated carbocycles. The molecule has 4 heteroatoms. The first kappa shape index (κ1) is 13.1. The molecule has 0 fully saturated rings. The highest BCUT2D eigenvalue weighted by atomic mass is 16.5. The van der Waals surface area contributed by atoms with Gasteiger partial charge in [0.1, 0.15) is 12.4 Å². The fourth-order valence-corrected chi connectivity index (χ4v) is 1.66. The van der Waals surface area contributed by atoms with Crippen molar-refractivity contribution in [3.05, 3.63) is 48.7 Å². The number of hydrogen-bond acceptors (Lipinski definition) is 4. The van der Waals surface area contributed by atoms with Gasteiger partial charge in [0.25, 0.3) is 0 Å². The van der Waals surface area contributed by atoms with Crippen LogP contribution in [0.2, 0.25) is 0 Å². The molecule has 0 radical (unpaired) electrons. The molecule has 0 aliphatic heterocycles. The lowest BCUT2D eigenvalue weighted by Gasteiger charge is -2.10. The third-order valence-corrected chi connectivity index (χ3v) is 2.57. The third kappa shape index (κ3) is 3.10. The number of benzene rings is 1. The Morgan fingerprint density at radius 1 is 1.32 bits per heavy atom. The van der Waals surface area contributed by atoms with E-state index in [4.69, 9.17) is 9.47 Å². The second-order valence-corrected chi connectivity index (χ2v) is 3.94. The highest BCUT2D eigenvalue weighted by molar-refractivity contribution is 5.88. The number of nitrogens with zero attached hydrogens (tertiary/aromatic N) is 1. The molecule has 98 valence electrons. The van der Waals surface area contributed by atoms with Gasteiger partial charge in [-0.05, 0) is 31.2 Å². The molecule has 0 N–H and O–H groups in total. The van der Waals surface area contributed by atoms with E-state index in [-0.39, 0.29) is 6.61 Å². The molecule has 0 spiro atoms. The number of esters is 1. The van der Waals surface area contributed by atoms with Crippen LogP contribution in [-0.4, -0.2) is 24.2 Å². The van der Waals surface area contributed by atoms with Gasteiger partial charge in [-0.1, -0.05) is 12.6 Å². The molecule has 1 aromatic heterocycles. The van der Waals surface area contributed by atoms with Gasteiger partial charge in [-0.3, -0.25) is 4.98 Å². The number of hydrogen-bond donors (Lipinski definition) is 0. The Labute approximate surface area is 111 Å². The molecule has 0 amide bonds. The van der Waals surface area contributed by atoms with Crippen LogP contribution in [0, 0.1) is 0 Å². The van der Waals surface area contributed by atoms with Crippen LogP contribution in [0.4, 0.5) is 0 Å². The van der Waals surface area contributed by atoms with Crippen LogP contribution in [-0.2, 0) is 9.53 Å². The first-order valence-electron chi connectivity index (χ1n) is 6.04. The van der Waals surface area contributed by atoms with Gasteiger partial charge in [0.05, 0.1) is 17.7 Å². The first-order valence-corrected chi connectivity index (χ1v) is 6.04. The quantitative estimate of drug-likeness (QED) is 0.610. The summed E-state index contributed by atoms with van der Waals surface area (Å²) in [5, 5.41) is 0.904. The van der Waals surface area contributed by atoms with E-state index in [9.17, 15) is 4.79 Å². The summed E-state index contributed by atoms with van der Waals surface area (Å²) in [7, 11) is 0. The number of rotatable bonds is 5. The minimum Gasteiger partial charge on any atom is -0.488 e. The summed E-state index contributed by atoms with van der Waals surface area (Å²) in [6.45, 7) is 5.84. The van der Waals surface area contributed by atoms with Gasteiger partial charge < -0.3 is 9.47 Å². The van der Waals surface area contributed by atoms with Gasteiger partial charge in [0.2, 0.25) is 0 Å². The molecule has 0 aliphatic carbocycles. The van der Waals surface area contributed by atoms with E-state index in [1.165, 1.54) is 0 Å². The molecular formula is C15H15NO3. The van der Waals surface area contributed by atoms with Crippen molar-refractivity contribution in [3.8, 4) is 5.75 Å². The van der Waals surface area contributed by atoms with E-state index < -0.39 is 5.97 Å². The van der Waals surface area contributed by atoms with Gasteiger partial charge in [0, 0.05) is 11.6 Å². The molecule has 19 heavy (non-hydrogen) atoms. The van der Waals surface area contributed by atoms with E-state index in [0.29, 0.717) is 17.9 Å². The number of aromatic nitrogens is 1. The average molecular weight is 257 g/mol. The maximum atomic E-state index is 11.4. The summed E-state index contributed by atoms with van der Waals surface area (Å²) in [6.07, 6.45) is 1.73. The Balaban J connectivity index is 2.10. The molecule has 1 heterocycles. The predicted octanol–water partition coefficient (Wildman–Crippen LogP) is 2.73. The minimum atomic E-state index is -0.430. The number of ether oxygens (including phenoxy) is 2. The van der Waals surface area contributed by atoms with Gasteiger partial charge in [-0.2, -0.15) is 0 Å². The van der Waals surface area contributed by atoms with E-state index in [1.54, 1.807) is 13.1 Å². The van der Waals surface area contributed by atoms with Crippen LogP contribution >= 0.6 is 0 Å². The van der Waals surface area contributed by atoms with E-state index >= 15 is 0 Å². The molecule has 0 atom stereocenters. The molecule has 0 aliphatic rings. The molecule has 4 nitrogen and oxygen atoms in total. The minimum absolute atomic E-state index is 0.104. The molecule has 1 aromatic carbocycles. The van der Waals surface area contributed by atoms with Crippen LogP contribution in [0.5, 0.6) is 5.75 Å². The smallest absolute Gasteiger partial charge is 0.336 e. The second kappa shape index (κ2) is 6.00. The lowest BCUT2D eigenvalue weighted by atomic mass is 10.2. The van der Waals surface area contributed by atoms with E-state index in [1.807, 2.05) is 30.3 Å². The summed E-state index contributed by atoms with van der Waals surface area (Å²) in [5.41, 5.74) is 1.14. The van der Waals surface area contributed by atoms with Crippen molar-refractivity contribution in [2.75, 3.05) is 13.2 Å². The SMILES string of the molecule is C=C(COc1cccc2ncccc12)C(=O)OCC. The van der Waals surface area contributed by atoms with Crippen LogP contribution in [0.15, 0.2) is 48.7 Å². The van der Waals surface area contributed by atoms with Gasteiger partial charge in [-0.15, -0.1) is 0 Å². The highest BCUT2D eigenvalue weighted by Crippen LogP contribution is 2.23. The molecule has 2 rings (SSSR count). The van der Waals surface area contributed by atoms with Crippen LogP contribution < -0.4 is 4.74 Å². The number of carbonyl (C=O) groups excluding carboxylic acids is 1. The summed E-state index contributed by atoms with van der Waals surface area (Å²) < 4.78 is 10.5. The van der Waals surface area contributed by atoms with Crippen LogP contribution in [0.3, 0.4) is 0 Å². The summed E-state index contributed by atoms with van der Waals surface area (Å²) in [5.74, 6) is 0.247. The van der Waals surface area contributed by atoms with Crippen molar-refractivity contribution in [3.63, 3.8) is 0 Å². The lowest BCUT2D eigenvalue weighted by molar-refractivity contribution is -0.138. The zero-order valence-corrected chi connectivity index (χ0v) is 10.8. The number of pyridine rings is 1. The van der Waals surface area contributed by atoms with E-state index in [2.05, 4.69) is 11.6 Å². The standard InChI is InChI=1S/C15H15NO3/c1-3-18-15(17)11(2)10-19-14-8-4-7-13-12(14)6-5-9-16-13/h4-9H,2-3,10H2,1H3.